The maximum atomic E-state index is 3.56. The number of anilines is 1. The van der Waals surface area contributed by atoms with E-state index in [4.69, 9.17) is 0 Å². The predicted octanol–water partition coefficient (Wildman–Crippen LogP) is 4.16. The quantitative estimate of drug-likeness (QED) is 0.744. The van der Waals surface area contributed by atoms with Crippen LogP contribution in [-0.2, 0) is 6.42 Å². The molecule has 0 aliphatic heterocycles. The molecule has 0 bridgehead atoms. The van der Waals surface area contributed by atoms with Gasteiger partial charge in [0.25, 0.3) is 0 Å². The molecule has 1 N–H and O–H groups in total. The van der Waals surface area contributed by atoms with Crippen molar-refractivity contribution >= 4 is 5.69 Å². The Morgan fingerprint density at radius 2 is 2.06 bits per heavy atom. The van der Waals surface area contributed by atoms with E-state index in [0.717, 1.165) is 0 Å². The molecule has 0 heterocycles. The first-order valence-corrected chi connectivity index (χ1v) is 6.40. The highest BCUT2D eigenvalue weighted by molar-refractivity contribution is 5.46. The second-order valence-corrected chi connectivity index (χ2v) is 4.56. The first kappa shape index (κ1) is 11.3. The van der Waals surface area contributed by atoms with Gasteiger partial charge in [0.15, 0.2) is 0 Å². The van der Waals surface area contributed by atoms with Gasteiger partial charge in [0.05, 0.1) is 0 Å². The number of benzene rings is 1. The van der Waals surface area contributed by atoms with Gasteiger partial charge in [0.2, 0.25) is 0 Å². The van der Waals surface area contributed by atoms with Crippen molar-refractivity contribution in [1.29, 1.82) is 0 Å². The Balaban J connectivity index is 1.93. The molecule has 1 aromatic rings. The Labute approximate surface area is 98.6 Å². The predicted molar refractivity (Wildman–Crippen MR) is 70.8 cm³/mol. The van der Waals surface area contributed by atoms with Gasteiger partial charge in [-0.2, -0.15) is 0 Å². The van der Waals surface area contributed by atoms with Gasteiger partial charge < -0.3 is 5.32 Å². The molecular weight excluding hydrogens is 194 g/mol. The second kappa shape index (κ2) is 5.74. The Morgan fingerprint density at radius 3 is 2.69 bits per heavy atom. The molecule has 0 amide bonds. The largest absolute Gasteiger partial charge is 0.379 e. The summed E-state index contributed by atoms with van der Waals surface area (Å²) in [6.07, 6.45) is 10.8. The van der Waals surface area contributed by atoms with E-state index < -0.39 is 0 Å². The van der Waals surface area contributed by atoms with Crippen molar-refractivity contribution < 1.29 is 0 Å². The third-order valence-corrected chi connectivity index (χ3v) is 3.10. The number of rotatable bonds is 4. The first-order valence-electron chi connectivity index (χ1n) is 6.40. The summed E-state index contributed by atoms with van der Waals surface area (Å²) in [6.45, 7) is 2.22. The van der Waals surface area contributed by atoms with Crippen molar-refractivity contribution in [2.24, 2.45) is 0 Å². The molecule has 1 unspecified atom stereocenters. The lowest BCUT2D eigenvalue weighted by molar-refractivity contribution is 0.674. The van der Waals surface area contributed by atoms with E-state index in [-0.39, 0.29) is 0 Å². The molecule has 1 heteroatoms. The fourth-order valence-electron chi connectivity index (χ4n) is 2.20. The molecule has 0 spiro atoms. The van der Waals surface area contributed by atoms with Crippen LogP contribution in [0.3, 0.4) is 0 Å². The lowest BCUT2D eigenvalue weighted by atomic mass is 10.0. The van der Waals surface area contributed by atoms with Crippen LogP contribution in [0.1, 0.15) is 38.2 Å². The zero-order valence-corrected chi connectivity index (χ0v) is 10.1. The minimum absolute atomic E-state index is 0.533. The third kappa shape index (κ3) is 3.13. The van der Waals surface area contributed by atoms with Gasteiger partial charge in [-0.15, -0.1) is 0 Å². The molecule has 1 aliphatic rings. The zero-order valence-electron chi connectivity index (χ0n) is 10.1. The minimum Gasteiger partial charge on any atom is -0.379 e. The molecule has 1 nitrogen and oxygen atoms in total. The van der Waals surface area contributed by atoms with E-state index in [1.165, 1.54) is 43.4 Å². The van der Waals surface area contributed by atoms with E-state index in [9.17, 15) is 0 Å². The van der Waals surface area contributed by atoms with E-state index in [2.05, 4.69) is 48.7 Å². The van der Waals surface area contributed by atoms with Crippen molar-refractivity contribution in [1.82, 2.24) is 0 Å². The van der Waals surface area contributed by atoms with Crippen LogP contribution in [0.4, 0.5) is 5.69 Å². The van der Waals surface area contributed by atoms with Gasteiger partial charge in [-0.05, 0) is 43.4 Å². The van der Waals surface area contributed by atoms with Crippen LogP contribution >= 0.6 is 0 Å². The molecule has 0 radical (unpaired) electrons. The van der Waals surface area contributed by atoms with Crippen molar-refractivity contribution in [2.75, 3.05) is 5.32 Å². The van der Waals surface area contributed by atoms with E-state index >= 15 is 0 Å². The number of allylic oxidation sites excluding steroid dienone is 1. The normalized spacial score (nSPS) is 19.7. The molecule has 0 aromatic heterocycles. The number of hydrogen-bond donors (Lipinski definition) is 1. The Kier molecular flexibility index (Phi) is 4.03. The Hall–Kier alpha value is -1.24. The topological polar surface area (TPSA) is 12.0 Å². The standard InChI is InChI=1S/C15H21N/c1-2-6-13-9-11-15(12-10-13)16-14-7-4-3-5-8-14/h4,7,9-12,14,16H,2-3,5-6,8H2,1H3. The summed E-state index contributed by atoms with van der Waals surface area (Å²) in [7, 11) is 0. The second-order valence-electron chi connectivity index (χ2n) is 4.56. The van der Waals surface area contributed by atoms with Crippen molar-refractivity contribution in [2.45, 2.75) is 45.1 Å². The van der Waals surface area contributed by atoms with Crippen molar-refractivity contribution in [3.05, 3.63) is 42.0 Å². The molecule has 0 saturated carbocycles. The van der Waals surface area contributed by atoms with Crippen LogP contribution in [0.25, 0.3) is 0 Å². The lowest BCUT2D eigenvalue weighted by Gasteiger charge is -2.19. The van der Waals surface area contributed by atoms with Gasteiger partial charge in [0, 0.05) is 11.7 Å². The third-order valence-electron chi connectivity index (χ3n) is 3.10. The van der Waals surface area contributed by atoms with Crippen LogP contribution in [0, 0.1) is 0 Å². The number of aryl methyl sites for hydroxylation is 1. The molecule has 1 aliphatic carbocycles. The smallest absolute Gasteiger partial charge is 0.0444 e. The van der Waals surface area contributed by atoms with Gasteiger partial charge in [-0.1, -0.05) is 37.6 Å². The summed E-state index contributed by atoms with van der Waals surface area (Å²) >= 11 is 0. The fourth-order valence-corrected chi connectivity index (χ4v) is 2.20. The van der Waals surface area contributed by atoms with Crippen LogP contribution in [0.5, 0.6) is 0 Å². The van der Waals surface area contributed by atoms with Crippen LogP contribution < -0.4 is 5.32 Å². The molecule has 16 heavy (non-hydrogen) atoms. The van der Waals surface area contributed by atoms with Gasteiger partial charge in [-0.25, -0.2) is 0 Å². The molecule has 2 rings (SSSR count). The zero-order chi connectivity index (χ0) is 11.2. The van der Waals surface area contributed by atoms with Crippen molar-refractivity contribution in [3.8, 4) is 0 Å². The Bertz CT molecular complexity index is 337. The summed E-state index contributed by atoms with van der Waals surface area (Å²) in [5, 5.41) is 3.56. The molecule has 1 aromatic carbocycles. The molecule has 1 atom stereocenters. The molecule has 0 saturated heterocycles. The van der Waals surface area contributed by atoms with Crippen LogP contribution in [0.15, 0.2) is 36.4 Å². The molecular formula is C15H21N. The molecule has 86 valence electrons. The van der Waals surface area contributed by atoms with Crippen LogP contribution in [-0.4, -0.2) is 6.04 Å². The molecule has 0 fully saturated rings. The highest BCUT2D eigenvalue weighted by atomic mass is 14.9. The summed E-state index contributed by atoms with van der Waals surface area (Å²) < 4.78 is 0. The SMILES string of the molecule is CCCc1ccc(NC2C=CCCC2)cc1. The fraction of sp³-hybridized carbons (Fsp3) is 0.467. The van der Waals surface area contributed by atoms with Crippen molar-refractivity contribution in [3.63, 3.8) is 0 Å². The van der Waals surface area contributed by atoms with E-state index in [1.54, 1.807) is 0 Å². The van der Waals surface area contributed by atoms with Gasteiger partial charge in [-0.3, -0.25) is 0 Å². The minimum atomic E-state index is 0.533. The monoisotopic (exact) mass is 215 g/mol. The summed E-state index contributed by atoms with van der Waals surface area (Å²) in [6, 6.07) is 9.41. The van der Waals surface area contributed by atoms with Crippen LogP contribution in [0.2, 0.25) is 0 Å². The lowest BCUT2D eigenvalue weighted by Crippen LogP contribution is -2.18. The average molecular weight is 215 g/mol. The average Bonchev–Trinajstić information content (AvgIpc) is 2.33. The summed E-state index contributed by atoms with van der Waals surface area (Å²) in [5.41, 5.74) is 2.68. The number of hydrogen-bond acceptors (Lipinski definition) is 1. The van der Waals surface area contributed by atoms with Gasteiger partial charge >= 0.3 is 0 Å². The maximum absolute atomic E-state index is 3.56. The maximum Gasteiger partial charge on any atom is 0.0444 e. The van der Waals surface area contributed by atoms with E-state index in [1.807, 2.05) is 0 Å². The summed E-state index contributed by atoms with van der Waals surface area (Å²) in [5.74, 6) is 0. The van der Waals surface area contributed by atoms with Gasteiger partial charge in [0.1, 0.15) is 0 Å². The highest BCUT2D eigenvalue weighted by Gasteiger charge is 2.07. The number of nitrogens with one attached hydrogen (secondary N) is 1. The summed E-state index contributed by atoms with van der Waals surface area (Å²) in [4.78, 5) is 0. The van der Waals surface area contributed by atoms with E-state index in [0.29, 0.717) is 6.04 Å². The Morgan fingerprint density at radius 1 is 1.25 bits per heavy atom. The highest BCUT2D eigenvalue weighted by Crippen LogP contribution is 2.17. The first-order chi connectivity index (χ1) is 7.88.